The minimum atomic E-state index is -0.406. The van der Waals surface area contributed by atoms with Gasteiger partial charge >= 0.3 is 6.09 Å². The summed E-state index contributed by atoms with van der Waals surface area (Å²) in [5, 5.41) is 2.83. The van der Waals surface area contributed by atoms with Crippen molar-refractivity contribution in [3.63, 3.8) is 0 Å². The lowest BCUT2D eigenvalue weighted by Gasteiger charge is -2.11. The molecule has 0 radical (unpaired) electrons. The zero-order chi connectivity index (χ0) is 14.0. The van der Waals surface area contributed by atoms with Crippen LogP contribution in [0.3, 0.4) is 0 Å². The second-order valence-electron chi connectivity index (χ2n) is 5.54. The van der Waals surface area contributed by atoms with Gasteiger partial charge in [-0.15, -0.1) is 0 Å². The van der Waals surface area contributed by atoms with E-state index >= 15 is 0 Å². The Bertz CT molecular complexity index is 530. The maximum absolute atomic E-state index is 11.4. The molecule has 1 aliphatic rings. The van der Waals surface area contributed by atoms with Crippen LogP contribution in [-0.2, 0) is 17.6 Å². The maximum Gasteiger partial charge on any atom is 0.411 e. The number of rotatable bonds is 3. The number of fused-ring (bicyclic) bond motifs is 1. The van der Waals surface area contributed by atoms with Crippen molar-refractivity contribution in [1.29, 1.82) is 0 Å². The molecule has 2 rings (SSSR count). The number of amides is 1. The lowest BCUT2D eigenvalue weighted by atomic mass is 9.98. The van der Waals surface area contributed by atoms with Gasteiger partial charge in [-0.3, -0.25) is 5.32 Å². The molecule has 0 unspecified atom stereocenters. The predicted octanol–water partition coefficient (Wildman–Crippen LogP) is 3.53. The fourth-order valence-electron chi connectivity index (χ4n) is 2.54. The Morgan fingerprint density at radius 1 is 1.42 bits per heavy atom. The second-order valence-corrected chi connectivity index (χ2v) is 5.54. The number of carbonyl (C=O) groups is 1. The van der Waals surface area contributed by atoms with Crippen molar-refractivity contribution in [3.05, 3.63) is 40.5 Å². The van der Waals surface area contributed by atoms with Crippen molar-refractivity contribution in [2.24, 2.45) is 5.92 Å². The highest BCUT2D eigenvalue weighted by molar-refractivity contribution is 5.86. The van der Waals surface area contributed by atoms with Gasteiger partial charge in [0.2, 0.25) is 0 Å². The number of hydrogen-bond donors (Lipinski definition) is 1. The Hall–Kier alpha value is -1.77. The number of alkyl carbamates (subject to hydrolysis) is 1. The molecule has 0 spiro atoms. The average molecular weight is 259 g/mol. The first-order chi connectivity index (χ1) is 9.01. The van der Waals surface area contributed by atoms with Crippen LogP contribution in [-0.4, -0.2) is 13.2 Å². The number of benzene rings is 1. The lowest BCUT2D eigenvalue weighted by Crippen LogP contribution is -2.21. The number of allylic oxidation sites excluding steroid dienone is 1. The van der Waals surface area contributed by atoms with E-state index in [9.17, 15) is 4.79 Å². The van der Waals surface area contributed by atoms with E-state index in [1.807, 2.05) is 6.92 Å². The highest BCUT2D eigenvalue weighted by Crippen LogP contribution is 2.32. The number of hydrogen-bond acceptors (Lipinski definition) is 2. The van der Waals surface area contributed by atoms with Crippen molar-refractivity contribution in [2.75, 3.05) is 7.11 Å². The van der Waals surface area contributed by atoms with E-state index in [0.29, 0.717) is 5.92 Å². The molecule has 0 saturated heterocycles. The molecule has 1 aromatic rings. The highest BCUT2D eigenvalue weighted by Gasteiger charge is 2.21. The molecular formula is C16H21NO2. The normalized spacial score (nSPS) is 13.7. The van der Waals surface area contributed by atoms with Gasteiger partial charge in [-0.05, 0) is 48.4 Å². The molecule has 1 aliphatic carbocycles. The Kier molecular flexibility index (Phi) is 3.93. The van der Waals surface area contributed by atoms with Crippen molar-refractivity contribution in [1.82, 2.24) is 5.32 Å². The number of methoxy groups -OCH3 is 1. The van der Waals surface area contributed by atoms with Crippen LogP contribution in [0.5, 0.6) is 0 Å². The van der Waals surface area contributed by atoms with Crippen LogP contribution in [0.1, 0.15) is 37.5 Å². The molecule has 102 valence electrons. The van der Waals surface area contributed by atoms with Gasteiger partial charge in [0.25, 0.3) is 0 Å². The van der Waals surface area contributed by atoms with Crippen LogP contribution in [0.25, 0.3) is 5.70 Å². The average Bonchev–Trinajstić information content (AvgIpc) is 2.65. The van der Waals surface area contributed by atoms with Gasteiger partial charge in [-0.25, -0.2) is 4.79 Å². The van der Waals surface area contributed by atoms with E-state index in [4.69, 9.17) is 0 Å². The zero-order valence-electron chi connectivity index (χ0n) is 12.0. The summed E-state index contributed by atoms with van der Waals surface area (Å²) < 4.78 is 4.69. The van der Waals surface area contributed by atoms with Gasteiger partial charge in [0.15, 0.2) is 0 Å². The van der Waals surface area contributed by atoms with Crippen LogP contribution in [0, 0.1) is 5.92 Å². The third-order valence-corrected chi connectivity index (χ3v) is 3.38. The monoisotopic (exact) mass is 259 g/mol. The molecular weight excluding hydrogens is 238 g/mol. The van der Waals surface area contributed by atoms with E-state index in [0.717, 1.165) is 24.1 Å². The van der Waals surface area contributed by atoms with Gasteiger partial charge < -0.3 is 4.74 Å². The summed E-state index contributed by atoms with van der Waals surface area (Å²) in [6.45, 7) is 6.47. The summed E-state index contributed by atoms with van der Waals surface area (Å²) in [7, 11) is 1.39. The van der Waals surface area contributed by atoms with Gasteiger partial charge in [0, 0.05) is 5.56 Å². The van der Waals surface area contributed by atoms with Crippen molar-refractivity contribution < 1.29 is 9.53 Å². The minimum Gasteiger partial charge on any atom is -0.453 e. The van der Waals surface area contributed by atoms with Crippen LogP contribution >= 0.6 is 0 Å². The topological polar surface area (TPSA) is 38.3 Å². The molecule has 0 fully saturated rings. The summed E-state index contributed by atoms with van der Waals surface area (Å²) >= 11 is 0. The first-order valence-electron chi connectivity index (χ1n) is 6.68. The van der Waals surface area contributed by atoms with Crippen LogP contribution in [0.15, 0.2) is 23.8 Å². The van der Waals surface area contributed by atoms with Crippen molar-refractivity contribution >= 4 is 11.8 Å². The molecule has 0 heterocycles. The third-order valence-electron chi connectivity index (χ3n) is 3.38. The molecule has 1 amide bonds. The largest absolute Gasteiger partial charge is 0.453 e. The van der Waals surface area contributed by atoms with Crippen molar-refractivity contribution in [3.8, 4) is 0 Å². The fourth-order valence-corrected chi connectivity index (χ4v) is 2.54. The minimum absolute atomic E-state index is 0.406. The standard InChI is InChI=1S/C16H21NO2/c1-10(2)7-12-5-6-13-8-11(3)15(14(13)9-12)17-16(18)19-4/h5-6,9-10H,7-8H2,1-4H3,(H,17,18). The predicted molar refractivity (Wildman–Crippen MR) is 76.8 cm³/mol. The van der Waals surface area contributed by atoms with E-state index in [2.05, 4.69) is 42.1 Å². The second kappa shape index (κ2) is 5.47. The summed E-state index contributed by atoms with van der Waals surface area (Å²) in [4.78, 5) is 11.4. The lowest BCUT2D eigenvalue weighted by molar-refractivity contribution is 0.176. The smallest absolute Gasteiger partial charge is 0.411 e. The van der Waals surface area contributed by atoms with Crippen molar-refractivity contribution in [2.45, 2.75) is 33.6 Å². The molecule has 0 atom stereocenters. The molecule has 3 nitrogen and oxygen atoms in total. The highest BCUT2D eigenvalue weighted by atomic mass is 16.5. The summed E-state index contributed by atoms with van der Waals surface area (Å²) in [5.41, 5.74) is 5.82. The molecule has 0 aliphatic heterocycles. The number of ether oxygens (including phenoxy) is 1. The van der Waals surface area contributed by atoms with E-state index in [1.165, 1.54) is 23.8 Å². The maximum atomic E-state index is 11.4. The van der Waals surface area contributed by atoms with Gasteiger partial charge in [0.1, 0.15) is 0 Å². The quantitative estimate of drug-likeness (QED) is 0.901. The Labute approximate surface area is 114 Å². The van der Waals surface area contributed by atoms with Crippen LogP contribution in [0.2, 0.25) is 0 Å². The molecule has 1 aromatic carbocycles. The number of carbonyl (C=O) groups excluding carboxylic acids is 1. The van der Waals surface area contributed by atoms with Gasteiger partial charge in [-0.2, -0.15) is 0 Å². The molecule has 0 aromatic heterocycles. The molecule has 3 heteroatoms. The van der Waals surface area contributed by atoms with E-state index in [-0.39, 0.29) is 0 Å². The molecule has 0 bridgehead atoms. The fraction of sp³-hybridized carbons (Fsp3) is 0.438. The first-order valence-corrected chi connectivity index (χ1v) is 6.68. The SMILES string of the molecule is COC(=O)NC1=C(C)Cc2ccc(CC(C)C)cc21. The Morgan fingerprint density at radius 2 is 2.16 bits per heavy atom. The van der Waals surface area contributed by atoms with Gasteiger partial charge in [-0.1, -0.05) is 26.0 Å². The summed E-state index contributed by atoms with van der Waals surface area (Å²) in [5.74, 6) is 0.626. The van der Waals surface area contributed by atoms with Gasteiger partial charge in [0.05, 0.1) is 12.8 Å². The van der Waals surface area contributed by atoms with Crippen LogP contribution < -0.4 is 5.32 Å². The molecule has 0 saturated carbocycles. The first kappa shape index (κ1) is 13.7. The molecule has 1 N–H and O–H groups in total. The molecule has 19 heavy (non-hydrogen) atoms. The summed E-state index contributed by atoms with van der Waals surface area (Å²) in [6, 6.07) is 6.55. The zero-order valence-corrected chi connectivity index (χ0v) is 12.0. The van der Waals surface area contributed by atoms with E-state index < -0.39 is 6.09 Å². The Morgan fingerprint density at radius 3 is 2.79 bits per heavy atom. The van der Waals surface area contributed by atoms with E-state index in [1.54, 1.807) is 0 Å². The summed E-state index contributed by atoms with van der Waals surface area (Å²) in [6.07, 6.45) is 1.55. The third kappa shape index (κ3) is 2.98. The Balaban J connectivity index is 2.30. The number of nitrogens with one attached hydrogen (secondary N) is 1. The van der Waals surface area contributed by atoms with Crippen LogP contribution in [0.4, 0.5) is 4.79 Å².